The minimum atomic E-state index is -0.848. The maximum atomic E-state index is 13.9. The Bertz CT molecular complexity index is 1460. The number of benzene rings is 3. The summed E-state index contributed by atoms with van der Waals surface area (Å²) in [5, 5.41) is 10.2. The van der Waals surface area contributed by atoms with Crippen LogP contribution in [0, 0.1) is 12.7 Å². The highest BCUT2D eigenvalue weighted by atomic mass is 19.1. The van der Waals surface area contributed by atoms with Crippen molar-refractivity contribution in [2.45, 2.75) is 19.9 Å². The zero-order valence-electron chi connectivity index (χ0n) is 18.0. The van der Waals surface area contributed by atoms with E-state index >= 15 is 0 Å². The predicted octanol–water partition coefficient (Wildman–Crippen LogP) is 5.09. The normalized spacial score (nSPS) is 15.2. The van der Waals surface area contributed by atoms with Gasteiger partial charge in [-0.2, -0.15) is 0 Å². The zero-order chi connectivity index (χ0) is 23.3. The van der Waals surface area contributed by atoms with Crippen molar-refractivity contribution in [3.05, 3.63) is 99.2 Å². The Hall–Kier alpha value is -4.13. The van der Waals surface area contributed by atoms with E-state index in [-0.39, 0.29) is 33.8 Å². The number of phenols is 1. The van der Waals surface area contributed by atoms with Crippen molar-refractivity contribution in [3.63, 3.8) is 0 Å². The van der Waals surface area contributed by atoms with Gasteiger partial charge in [0, 0.05) is 5.69 Å². The van der Waals surface area contributed by atoms with Gasteiger partial charge in [-0.1, -0.05) is 23.8 Å². The molecule has 1 N–H and O–H groups in total. The molecule has 0 spiro atoms. The second-order valence-electron chi connectivity index (χ2n) is 7.89. The lowest BCUT2D eigenvalue weighted by atomic mass is 9.97. The number of aryl methyl sites for hydroxylation is 1. The van der Waals surface area contributed by atoms with Crippen LogP contribution in [0.1, 0.15) is 40.2 Å². The summed E-state index contributed by atoms with van der Waals surface area (Å²) in [6.07, 6.45) is 0. The first-order chi connectivity index (χ1) is 15.9. The first-order valence-corrected chi connectivity index (χ1v) is 10.5. The summed E-state index contributed by atoms with van der Waals surface area (Å²) in [7, 11) is 0. The van der Waals surface area contributed by atoms with Gasteiger partial charge >= 0.3 is 0 Å². The van der Waals surface area contributed by atoms with E-state index in [4.69, 9.17) is 9.15 Å². The first kappa shape index (κ1) is 20.8. The fraction of sp³-hybridized carbons (Fsp3) is 0.154. The molecule has 1 aliphatic heterocycles. The van der Waals surface area contributed by atoms with Crippen LogP contribution in [0.2, 0.25) is 0 Å². The van der Waals surface area contributed by atoms with E-state index in [1.54, 1.807) is 31.2 Å². The number of phenolic OH excluding ortho intramolecular Hbond substituents is 1. The maximum Gasteiger partial charge on any atom is 0.295 e. The van der Waals surface area contributed by atoms with Gasteiger partial charge in [0.25, 0.3) is 5.91 Å². The van der Waals surface area contributed by atoms with Crippen molar-refractivity contribution in [1.29, 1.82) is 0 Å². The smallest absolute Gasteiger partial charge is 0.295 e. The van der Waals surface area contributed by atoms with Crippen LogP contribution in [0.5, 0.6) is 11.5 Å². The molecule has 0 aliphatic carbocycles. The molecule has 1 amide bonds. The van der Waals surface area contributed by atoms with Crippen LogP contribution in [0.25, 0.3) is 11.0 Å². The highest BCUT2D eigenvalue weighted by Crippen LogP contribution is 2.43. The van der Waals surface area contributed by atoms with Crippen LogP contribution < -0.4 is 15.1 Å². The van der Waals surface area contributed by atoms with Gasteiger partial charge in [0.2, 0.25) is 5.76 Å². The van der Waals surface area contributed by atoms with E-state index in [1.807, 2.05) is 19.1 Å². The number of nitrogens with zero attached hydrogens (tertiary/aromatic N) is 1. The molecule has 166 valence electrons. The van der Waals surface area contributed by atoms with E-state index in [9.17, 15) is 19.1 Å². The third kappa shape index (κ3) is 3.33. The molecule has 1 atom stereocenters. The van der Waals surface area contributed by atoms with Crippen molar-refractivity contribution >= 4 is 22.6 Å². The van der Waals surface area contributed by atoms with Crippen molar-refractivity contribution in [1.82, 2.24) is 0 Å². The van der Waals surface area contributed by atoms with Crippen molar-refractivity contribution in [2.75, 3.05) is 11.5 Å². The molecule has 7 heteroatoms. The van der Waals surface area contributed by atoms with Crippen LogP contribution >= 0.6 is 0 Å². The van der Waals surface area contributed by atoms with Gasteiger partial charge < -0.3 is 14.3 Å². The second-order valence-corrected chi connectivity index (χ2v) is 7.89. The Balaban J connectivity index is 1.80. The molecule has 4 aromatic rings. The number of ether oxygens (including phenoxy) is 1. The van der Waals surface area contributed by atoms with E-state index in [0.29, 0.717) is 17.9 Å². The van der Waals surface area contributed by atoms with E-state index in [1.165, 1.54) is 23.1 Å². The zero-order valence-corrected chi connectivity index (χ0v) is 18.0. The minimum absolute atomic E-state index is 0.0559. The summed E-state index contributed by atoms with van der Waals surface area (Å²) < 4.78 is 25.3. The third-order valence-corrected chi connectivity index (χ3v) is 5.74. The van der Waals surface area contributed by atoms with E-state index < -0.39 is 23.2 Å². The average Bonchev–Trinajstić information content (AvgIpc) is 3.09. The minimum Gasteiger partial charge on any atom is -0.504 e. The molecular formula is C26H20FNO5. The summed E-state index contributed by atoms with van der Waals surface area (Å²) >= 11 is 0. The van der Waals surface area contributed by atoms with E-state index in [0.717, 1.165) is 11.6 Å². The Kier molecular flexibility index (Phi) is 4.89. The van der Waals surface area contributed by atoms with Gasteiger partial charge in [-0.15, -0.1) is 0 Å². The topological polar surface area (TPSA) is 80.0 Å². The molecule has 2 heterocycles. The van der Waals surface area contributed by atoms with Crippen LogP contribution in [-0.4, -0.2) is 17.6 Å². The van der Waals surface area contributed by atoms with Crippen molar-refractivity contribution in [2.24, 2.45) is 0 Å². The monoisotopic (exact) mass is 445 g/mol. The molecule has 6 nitrogen and oxygen atoms in total. The number of rotatable bonds is 4. The molecule has 5 rings (SSSR count). The lowest BCUT2D eigenvalue weighted by Gasteiger charge is -2.26. The summed E-state index contributed by atoms with van der Waals surface area (Å²) in [4.78, 5) is 28.5. The molecule has 33 heavy (non-hydrogen) atoms. The molecule has 0 fully saturated rings. The number of halogens is 1. The summed E-state index contributed by atoms with van der Waals surface area (Å²) in [5.41, 5.74) is 1.91. The number of hydrogen-bond donors (Lipinski definition) is 1. The highest BCUT2D eigenvalue weighted by Gasteiger charge is 2.44. The van der Waals surface area contributed by atoms with Crippen molar-refractivity contribution in [3.8, 4) is 11.5 Å². The van der Waals surface area contributed by atoms with Gasteiger partial charge in [-0.05, 0) is 61.9 Å². The van der Waals surface area contributed by atoms with Gasteiger partial charge in [0.15, 0.2) is 16.9 Å². The lowest BCUT2D eigenvalue weighted by molar-refractivity contribution is 0.0971. The largest absolute Gasteiger partial charge is 0.504 e. The number of anilines is 1. The molecule has 0 saturated heterocycles. The lowest BCUT2D eigenvalue weighted by Crippen LogP contribution is -2.29. The van der Waals surface area contributed by atoms with Gasteiger partial charge in [0.1, 0.15) is 11.4 Å². The predicted molar refractivity (Wildman–Crippen MR) is 122 cm³/mol. The van der Waals surface area contributed by atoms with Gasteiger partial charge in [-0.3, -0.25) is 14.5 Å². The average molecular weight is 445 g/mol. The first-order valence-electron chi connectivity index (χ1n) is 10.5. The number of fused-ring (bicyclic) bond motifs is 2. The van der Waals surface area contributed by atoms with Crippen LogP contribution in [0.4, 0.5) is 10.1 Å². The Morgan fingerprint density at radius 1 is 1.06 bits per heavy atom. The maximum absolute atomic E-state index is 13.9. The van der Waals surface area contributed by atoms with Gasteiger partial charge in [0.05, 0.1) is 23.6 Å². The van der Waals surface area contributed by atoms with Crippen LogP contribution in [0.3, 0.4) is 0 Å². The van der Waals surface area contributed by atoms with Crippen LogP contribution in [-0.2, 0) is 0 Å². The van der Waals surface area contributed by atoms with Crippen molar-refractivity contribution < 1.29 is 23.4 Å². The molecular weight excluding hydrogens is 425 g/mol. The molecule has 3 aromatic carbocycles. The van der Waals surface area contributed by atoms with Crippen LogP contribution in [0.15, 0.2) is 69.9 Å². The second kappa shape index (κ2) is 7.78. The number of amides is 1. The fourth-order valence-corrected chi connectivity index (χ4v) is 4.20. The number of aromatic hydroxyl groups is 1. The number of carbonyl (C=O) groups is 1. The number of carbonyl (C=O) groups excluding carboxylic acids is 1. The summed E-state index contributed by atoms with van der Waals surface area (Å²) in [5.74, 6) is -0.964. The standard InChI is InChI=1S/C26H20FNO5/c1-3-32-21-12-15(6-10-19(21)29)23-22-24(30)18-13-16(27)7-11-20(18)33-25(22)26(31)28(23)17-8-4-14(2)5-9-17/h4-13,23,29H,3H2,1-2H3. The van der Waals surface area contributed by atoms with Gasteiger partial charge in [-0.25, -0.2) is 4.39 Å². The fourth-order valence-electron chi connectivity index (χ4n) is 4.20. The Morgan fingerprint density at radius 2 is 1.82 bits per heavy atom. The number of hydrogen-bond acceptors (Lipinski definition) is 5. The Labute approximate surface area is 188 Å². The highest BCUT2D eigenvalue weighted by molar-refractivity contribution is 6.10. The molecule has 1 aliphatic rings. The summed E-state index contributed by atoms with van der Waals surface area (Å²) in [6, 6.07) is 14.8. The molecule has 0 radical (unpaired) electrons. The molecule has 1 aromatic heterocycles. The van der Waals surface area contributed by atoms with E-state index in [2.05, 4.69) is 0 Å². The summed E-state index contributed by atoms with van der Waals surface area (Å²) in [6.45, 7) is 4.04. The SMILES string of the molecule is CCOc1cc(C2c3c(oc4ccc(F)cc4c3=O)C(=O)N2c2ccc(C)cc2)ccc1O. The molecule has 0 bridgehead atoms. The quantitative estimate of drug-likeness (QED) is 0.473. The molecule has 0 saturated carbocycles. The Morgan fingerprint density at radius 3 is 2.55 bits per heavy atom. The third-order valence-electron chi connectivity index (χ3n) is 5.74. The molecule has 1 unspecified atom stereocenters.